The first-order chi connectivity index (χ1) is 6.16. The third-order valence-electron chi connectivity index (χ3n) is 1.10. The van der Waals surface area contributed by atoms with E-state index in [0.29, 0.717) is 0 Å². The highest BCUT2D eigenvalue weighted by molar-refractivity contribution is 8.01. The van der Waals surface area contributed by atoms with Gasteiger partial charge in [0.1, 0.15) is 0 Å². The molecule has 0 amide bonds. The average molecular weight is 193 g/mol. The first-order valence-electron chi connectivity index (χ1n) is 3.98. The fourth-order valence-corrected chi connectivity index (χ4v) is 0.845. The zero-order chi connectivity index (χ0) is 10.1. The molecule has 0 aliphatic rings. The molecule has 0 N–H and O–H groups in total. The molecule has 0 aromatic carbocycles. The third-order valence-corrected chi connectivity index (χ3v) is 1.64. The maximum Gasteiger partial charge on any atom is 0.0358 e. The van der Waals surface area contributed by atoms with E-state index >= 15 is 0 Å². The minimum absolute atomic E-state index is 0.990. The molecule has 0 unspecified atom stereocenters. The van der Waals surface area contributed by atoms with Crippen LogP contribution in [0.1, 0.15) is 13.8 Å². The Labute approximate surface area is 84.8 Å². The van der Waals surface area contributed by atoms with E-state index in [2.05, 4.69) is 17.6 Å². The number of rotatable bonds is 5. The first kappa shape index (κ1) is 12.0. The summed E-state index contributed by atoms with van der Waals surface area (Å²) in [7, 11) is 0. The first-order valence-corrected chi connectivity index (χ1v) is 4.76. The Morgan fingerprint density at radius 1 is 1.38 bits per heavy atom. The summed E-state index contributed by atoms with van der Waals surface area (Å²) in [5, 5.41) is 0. The van der Waals surface area contributed by atoms with Gasteiger partial charge >= 0.3 is 0 Å². The second-order valence-electron chi connectivity index (χ2n) is 2.55. The Hall–Kier alpha value is -1.02. The standard InChI is InChI=1S/C11H15NS/c1-5-6-7-11(4)8-9-12-13-10(2)3/h5-9H,1-2H2,3-4H3/b7-6-,11-8-,12-9?. The molecule has 13 heavy (non-hydrogen) atoms. The number of nitrogens with zero attached hydrogens (tertiary/aromatic N) is 1. The van der Waals surface area contributed by atoms with Crippen molar-refractivity contribution in [3.05, 3.63) is 47.9 Å². The van der Waals surface area contributed by atoms with Crippen LogP contribution in [-0.2, 0) is 0 Å². The summed E-state index contributed by atoms with van der Waals surface area (Å²) in [4.78, 5) is 0.990. The molecular formula is C11H15NS. The normalized spacial score (nSPS) is 12.6. The summed E-state index contributed by atoms with van der Waals surface area (Å²) in [5.74, 6) is 0. The third kappa shape index (κ3) is 8.89. The van der Waals surface area contributed by atoms with Crippen LogP contribution in [0.5, 0.6) is 0 Å². The van der Waals surface area contributed by atoms with E-state index < -0.39 is 0 Å². The predicted molar refractivity (Wildman–Crippen MR) is 64.0 cm³/mol. The molecule has 0 saturated carbocycles. The van der Waals surface area contributed by atoms with E-state index in [1.165, 1.54) is 11.9 Å². The number of hydrogen-bond acceptors (Lipinski definition) is 2. The van der Waals surface area contributed by atoms with Crippen molar-refractivity contribution in [3.63, 3.8) is 0 Å². The van der Waals surface area contributed by atoms with Crippen molar-refractivity contribution in [2.75, 3.05) is 0 Å². The van der Waals surface area contributed by atoms with Gasteiger partial charge in [-0.3, -0.25) is 0 Å². The molecule has 0 radical (unpaired) electrons. The van der Waals surface area contributed by atoms with Gasteiger partial charge in [0.2, 0.25) is 0 Å². The Morgan fingerprint density at radius 2 is 2.08 bits per heavy atom. The molecule has 0 heterocycles. The lowest BCUT2D eigenvalue weighted by molar-refractivity contribution is 1.54. The van der Waals surface area contributed by atoms with E-state index in [1.807, 2.05) is 32.1 Å². The van der Waals surface area contributed by atoms with Crippen LogP contribution in [0.2, 0.25) is 0 Å². The van der Waals surface area contributed by atoms with Gasteiger partial charge < -0.3 is 0 Å². The molecule has 0 atom stereocenters. The van der Waals surface area contributed by atoms with Crippen LogP contribution >= 0.6 is 11.9 Å². The second-order valence-corrected chi connectivity index (χ2v) is 3.64. The van der Waals surface area contributed by atoms with Crippen LogP contribution in [0.4, 0.5) is 0 Å². The van der Waals surface area contributed by atoms with Crippen LogP contribution < -0.4 is 0 Å². The largest absolute Gasteiger partial charge is 0.220 e. The molecule has 70 valence electrons. The molecule has 1 nitrogen and oxygen atoms in total. The highest BCUT2D eigenvalue weighted by atomic mass is 32.2. The van der Waals surface area contributed by atoms with E-state index in [9.17, 15) is 0 Å². The maximum atomic E-state index is 4.07. The molecule has 0 aliphatic heterocycles. The van der Waals surface area contributed by atoms with Crippen LogP contribution in [0.25, 0.3) is 0 Å². The van der Waals surface area contributed by atoms with E-state index in [1.54, 1.807) is 12.3 Å². The lowest BCUT2D eigenvalue weighted by Crippen LogP contribution is -1.69. The van der Waals surface area contributed by atoms with Gasteiger partial charge in [0, 0.05) is 18.2 Å². The summed E-state index contributed by atoms with van der Waals surface area (Å²) < 4.78 is 4.07. The van der Waals surface area contributed by atoms with Crippen molar-refractivity contribution in [3.8, 4) is 0 Å². The summed E-state index contributed by atoms with van der Waals surface area (Å²) in [5.41, 5.74) is 1.14. The zero-order valence-corrected chi connectivity index (χ0v) is 8.97. The fraction of sp³-hybridized carbons (Fsp3) is 0.182. The Balaban J connectivity index is 3.95. The monoisotopic (exact) mass is 193 g/mol. The molecule has 0 saturated heterocycles. The lowest BCUT2D eigenvalue weighted by atomic mass is 10.2. The van der Waals surface area contributed by atoms with Gasteiger partial charge in [-0.05, 0) is 30.4 Å². The van der Waals surface area contributed by atoms with Crippen molar-refractivity contribution in [1.82, 2.24) is 0 Å². The molecule has 0 aromatic heterocycles. The van der Waals surface area contributed by atoms with Crippen LogP contribution in [-0.4, -0.2) is 6.21 Å². The van der Waals surface area contributed by atoms with Gasteiger partial charge in [-0.1, -0.05) is 31.4 Å². The number of allylic oxidation sites excluding steroid dienone is 6. The van der Waals surface area contributed by atoms with Crippen molar-refractivity contribution < 1.29 is 0 Å². The quantitative estimate of drug-likeness (QED) is 0.366. The molecule has 0 aromatic rings. The van der Waals surface area contributed by atoms with Gasteiger partial charge in [0.15, 0.2) is 0 Å². The van der Waals surface area contributed by atoms with Crippen LogP contribution in [0, 0.1) is 0 Å². The van der Waals surface area contributed by atoms with Gasteiger partial charge in [0.25, 0.3) is 0 Å². The molecule has 0 aliphatic carbocycles. The highest BCUT2D eigenvalue weighted by Gasteiger charge is 1.79. The van der Waals surface area contributed by atoms with Crippen molar-refractivity contribution in [1.29, 1.82) is 0 Å². The minimum Gasteiger partial charge on any atom is -0.220 e. The average Bonchev–Trinajstić information content (AvgIpc) is 2.08. The molecule has 2 heteroatoms. The lowest BCUT2D eigenvalue weighted by Gasteiger charge is -1.88. The van der Waals surface area contributed by atoms with Gasteiger partial charge in [-0.25, -0.2) is 4.40 Å². The Kier molecular flexibility index (Phi) is 7.02. The molecule has 0 spiro atoms. The van der Waals surface area contributed by atoms with Crippen molar-refractivity contribution in [2.45, 2.75) is 13.8 Å². The summed E-state index contributed by atoms with van der Waals surface area (Å²) in [6.45, 7) is 11.2. The van der Waals surface area contributed by atoms with Gasteiger partial charge in [0.05, 0.1) is 0 Å². The predicted octanol–water partition coefficient (Wildman–Crippen LogP) is 3.93. The van der Waals surface area contributed by atoms with Crippen LogP contribution in [0.15, 0.2) is 52.3 Å². The van der Waals surface area contributed by atoms with Crippen LogP contribution in [0.3, 0.4) is 0 Å². The molecule has 0 bridgehead atoms. The summed E-state index contributed by atoms with van der Waals surface area (Å²) >= 11 is 1.38. The molecule has 0 rings (SSSR count). The zero-order valence-electron chi connectivity index (χ0n) is 8.16. The van der Waals surface area contributed by atoms with E-state index in [-0.39, 0.29) is 0 Å². The van der Waals surface area contributed by atoms with Crippen molar-refractivity contribution >= 4 is 18.2 Å². The van der Waals surface area contributed by atoms with E-state index in [0.717, 1.165) is 10.5 Å². The summed E-state index contributed by atoms with van der Waals surface area (Å²) in [6.07, 6.45) is 9.32. The summed E-state index contributed by atoms with van der Waals surface area (Å²) in [6, 6.07) is 0. The van der Waals surface area contributed by atoms with Gasteiger partial charge in [-0.2, -0.15) is 0 Å². The SMILES string of the molecule is C=C/C=C\C(C)=C/C=NSC(=C)C. The Bertz CT molecular complexity index is 259. The fourth-order valence-electron chi connectivity index (χ4n) is 0.544. The van der Waals surface area contributed by atoms with Crippen molar-refractivity contribution in [2.24, 2.45) is 4.40 Å². The smallest absolute Gasteiger partial charge is 0.0358 e. The Morgan fingerprint density at radius 3 is 2.62 bits per heavy atom. The molecular weight excluding hydrogens is 178 g/mol. The number of hydrogen-bond donors (Lipinski definition) is 0. The van der Waals surface area contributed by atoms with E-state index in [4.69, 9.17) is 0 Å². The maximum absolute atomic E-state index is 4.07. The second kappa shape index (κ2) is 7.62. The minimum atomic E-state index is 0.990. The van der Waals surface area contributed by atoms with Gasteiger partial charge in [-0.15, -0.1) is 0 Å². The highest BCUT2D eigenvalue weighted by Crippen LogP contribution is 2.11. The topological polar surface area (TPSA) is 12.4 Å². The molecule has 0 fully saturated rings.